The fraction of sp³-hybridized carbons (Fsp3) is 0.296. The van der Waals surface area contributed by atoms with Crippen LogP contribution in [0.1, 0.15) is 34.3 Å². The molecule has 3 aromatic rings. The van der Waals surface area contributed by atoms with Gasteiger partial charge in [0, 0.05) is 23.4 Å². The zero-order valence-electron chi connectivity index (χ0n) is 22.3. The van der Waals surface area contributed by atoms with Gasteiger partial charge in [0.15, 0.2) is 9.84 Å². The molecule has 1 heterocycles. The number of hydrogen-bond donors (Lipinski definition) is 2. The molecule has 9 nitrogen and oxygen atoms in total. The van der Waals surface area contributed by atoms with E-state index < -0.39 is 63.8 Å². The molecule has 1 amide bonds. The van der Waals surface area contributed by atoms with E-state index in [9.17, 15) is 40.0 Å². The van der Waals surface area contributed by atoms with Crippen molar-refractivity contribution < 1.29 is 39.4 Å². The van der Waals surface area contributed by atoms with E-state index in [-0.39, 0.29) is 33.9 Å². The van der Waals surface area contributed by atoms with E-state index in [1.165, 1.54) is 30.3 Å². The highest BCUT2D eigenvalue weighted by Crippen LogP contribution is 2.37. The minimum atomic E-state index is -4.94. The SMILES string of the molecule is O=C(NCC[N+]1([O-])CCCC1)c1cccc(CS(=O)(=O)c2ccc(Cl)cc2NS(=O)(=O)c2ccc(Cl)c(C(F)(F)F)c2)c1. The van der Waals surface area contributed by atoms with E-state index in [1.807, 2.05) is 4.72 Å². The molecule has 0 radical (unpaired) electrons. The number of quaternary nitrogens is 1. The van der Waals surface area contributed by atoms with Crippen LogP contribution in [0.4, 0.5) is 18.9 Å². The standard InChI is InChI=1S/C27H26Cl2F3N3O6S2/c28-20-6-9-25(24(15-20)34-43(40,41)21-7-8-23(29)22(16-21)27(30,31)32)42(38,39)17-18-4-3-5-19(14-18)26(36)33-10-13-35(37)11-1-2-12-35/h3-9,14-16,34H,1-2,10-13,17H2,(H,33,36). The Morgan fingerprint density at radius 1 is 0.953 bits per heavy atom. The molecule has 1 aliphatic rings. The molecule has 2 N–H and O–H groups in total. The van der Waals surface area contributed by atoms with Crippen molar-refractivity contribution in [2.75, 3.05) is 30.9 Å². The lowest BCUT2D eigenvalue weighted by Gasteiger charge is -2.38. The van der Waals surface area contributed by atoms with Gasteiger partial charge < -0.3 is 15.2 Å². The van der Waals surface area contributed by atoms with Crippen LogP contribution in [0.15, 0.2) is 70.5 Å². The topological polar surface area (TPSA) is 132 Å². The summed E-state index contributed by atoms with van der Waals surface area (Å²) in [5.41, 5.74) is -1.51. The van der Waals surface area contributed by atoms with Gasteiger partial charge >= 0.3 is 6.18 Å². The molecule has 1 aliphatic heterocycles. The van der Waals surface area contributed by atoms with Crippen LogP contribution in [0.3, 0.4) is 0 Å². The predicted octanol–water partition coefficient (Wildman–Crippen LogP) is 5.63. The summed E-state index contributed by atoms with van der Waals surface area (Å²) in [6.45, 7) is 1.38. The molecule has 43 heavy (non-hydrogen) atoms. The first-order valence-electron chi connectivity index (χ1n) is 12.9. The van der Waals surface area contributed by atoms with Crippen LogP contribution in [-0.2, 0) is 31.8 Å². The van der Waals surface area contributed by atoms with Crippen molar-refractivity contribution in [1.29, 1.82) is 0 Å². The molecule has 0 aromatic heterocycles. The average molecular weight is 681 g/mol. The Kier molecular flexibility index (Phi) is 9.69. The van der Waals surface area contributed by atoms with Crippen molar-refractivity contribution in [3.05, 3.63) is 92.6 Å². The Morgan fingerprint density at radius 3 is 2.33 bits per heavy atom. The molecule has 1 fully saturated rings. The van der Waals surface area contributed by atoms with Gasteiger partial charge in [-0.15, -0.1) is 0 Å². The molecule has 0 spiro atoms. The molecule has 0 unspecified atom stereocenters. The number of sulfone groups is 1. The van der Waals surface area contributed by atoms with Gasteiger partial charge in [-0.05, 0) is 54.1 Å². The van der Waals surface area contributed by atoms with Gasteiger partial charge in [-0.25, -0.2) is 16.8 Å². The summed E-state index contributed by atoms with van der Waals surface area (Å²) in [4.78, 5) is 11.4. The number of carbonyl (C=O) groups excluding carboxylic acids is 1. The molecule has 1 saturated heterocycles. The van der Waals surface area contributed by atoms with E-state index in [2.05, 4.69) is 5.32 Å². The highest BCUT2D eigenvalue weighted by Gasteiger charge is 2.35. The molecule has 16 heteroatoms. The number of alkyl halides is 3. The maximum Gasteiger partial charge on any atom is 0.417 e. The van der Waals surface area contributed by atoms with Crippen LogP contribution in [-0.4, -0.2) is 53.6 Å². The quantitative estimate of drug-likeness (QED) is 0.211. The van der Waals surface area contributed by atoms with Crippen LogP contribution >= 0.6 is 23.2 Å². The van der Waals surface area contributed by atoms with Crippen molar-refractivity contribution >= 4 is 54.7 Å². The lowest BCUT2D eigenvalue weighted by Crippen LogP contribution is -2.44. The Labute approximate surface area is 256 Å². The van der Waals surface area contributed by atoms with Crippen molar-refractivity contribution in [1.82, 2.24) is 5.32 Å². The first-order chi connectivity index (χ1) is 20.0. The second-order valence-electron chi connectivity index (χ2n) is 10.0. The monoisotopic (exact) mass is 679 g/mol. The maximum atomic E-state index is 13.4. The summed E-state index contributed by atoms with van der Waals surface area (Å²) < 4.78 is 94.5. The summed E-state index contributed by atoms with van der Waals surface area (Å²) in [5, 5.41) is 14.4. The number of anilines is 1. The number of amides is 1. The van der Waals surface area contributed by atoms with Crippen LogP contribution < -0.4 is 10.0 Å². The van der Waals surface area contributed by atoms with Crippen molar-refractivity contribution in [3.63, 3.8) is 0 Å². The number of hydrogen-bond acceptors (Lipinski definition) is 6. The lowest BCUT2D eigenvalue weighted by atomic mass is 10.1. The number of nitrogens with zero attached hydrogens (tertiary/aromatic N) is 1. The average Bonchev–Trinajstić information content (AvgIpc) is 3.33. The number of hydroxylamine groups is 3. The Hall–Kier alpha value is -2.88. The third-order valence-corrected chi connectivity index (χ3v) is 10.5. The molecule has 0 aliphatic carbocycles. The van der Waals surface area contributed by atoms with Crippen molar-refractivity contribution in [2.24, 2.45) is 0 Å². The Bertz CT molecular complexity index is 1750. The molecular formula is C27H26Cl2F3N3O6S2. The zero-order chi connectivity index (χ0) is 31.6. The predicted molar refractivity (Wildman–Crippen MR) is 156 cm³/mol. The summed E-state index contributed by atoms with van der Waals surface area (Å²) in [5.74, 6) is -1.14. The normalized spacial score (nSPS) is 15.3. The first kappa shape index (κ1) is 33.0. The molecule has 0 saturated carbocycles. The number of carbonyl (C=O) groups is 1. The highest BCUT2D eigenvalue weighted by molar-refractivity contribution is 7.93. The van der Waals surface area contributed by atoms with Crippen molar-refractivity contribution in [3.8, 4) is 0 Å². The molecule has 0 atom stereocenters. The van der Waals surface area contributed by atoms with E-state index in [0.717, 1.165) is 37.1 Å². The minimum absolute atomic E-state index is 0.0431. The fourth-order valence-electron chi connectivity index (χ4n) is 4.66. The third kappa shape index (κ3) is 8.19. The van der Waals surface area contributed by atoms with Gasteiger partial charge in [0.1, 0.15) is 0 Å². The fourth-order valence-corrected chi connectivity index (χ4v) is 7.71. The van der Waals surface area contributed by atoms with Crippen LogP contribution in [0, 0.1) is 5.21 Å². The van der Waals surface area contributed by atoms with Gasteiger partial charge in [0.2, 0.25) is 0 Å². The number of likely N-dealkylation sites (tertiary alicyclic amines) is 1. The van der Waals surface area contributed by atoms with Crippen LogP contribution in [0.25, 0.3) is 0 Å². The Morgan fingerprint density at radius 2 is 1.65 bits per heavy atom. The first-order valence-corrected chi connectivity index (χ1v) is 16.7. The minimum Gasteiger partial charge on any atom is -0.633 e. The van der Waals surface area contributed by atoms with Gasteiger partial charge in [0.05, 0.1) is 58.0 Å². The Balaban J connectivity index is 1.55. The van der Waals surface area contributed by atoms with E-state index in [4.69, 9.17) is 23.2 Å². The van der Waals surface area contributed by atoms with Gasteiger partial charge in [-0.3, -0.25) is 9.52 Å². The second kappa shape index (κ2) is 12.6. The summed E-state index contributed by atoms with van der Waals surface area (Å²) in [7, 11) is -9.03. The molecule has 232 valence electrons. The van der Waals surface area contributed by atoms with Crippen molar-refractivity contribution in [2.45, 2.75) is 34.6 Å². The number of benzene rings is 3. The highest BCUT2D eigenvalue weighted by atomic mass is 35.5. The largest absolute Gasteiger partial charge is 0.633 e. The number of nitrogens with one attached hydrogen (secondary N) is 2. The van der Waals surface area contributed by atoms with E-state index in [0.29, 0.717) is 19.2 Å². The van der Waals surface area contributed by atoms with Gasteiger partial charge in [-0.1, -0.05) is 35.3 Å². The molecule has 3 aromatic carbocycles. The smallest absolute Gasteiger partial charge is 0.417 e. The number of sulfonamides is 1. The number of rotatable bonds is 10. The third-order valence-electron chi connectivity index (χ3n) is 6.81. The molecular weight excluding hydrogens is 654 g/mol. The zero-order valence-corrected chi connectivity index (χ0v) is 25.5. The van der Waals surface area contributed by atoms with Crippen LogP contribution in [0.5, 0.6) is 0 Å². The van der Waals surface area contributed by atoms with Gasteiger partial charge in [-0.2, -0.15) is 13.2 Å². The number of halogens is 5. The molecule has 4 rings (SSSR count). The van der Waals surface area contributed by atoms with Gasteiger partial charge in [0.25, 0.3) is 15.9 Å². The van der Waals surface area contributed by atoms with E-state index >= 15 is 0 Å². The second-order valence-corrected chi connectivity index (χ2v) is 14.5. The maximum absolute atomic E-state index is 13.4. The lowest BCUT2D eigenvalue weighted by molar-refractivity contribution is -0.866. The van der Waals surface area contributed by atoms with E-state index in [1.54, 1.807) is 0 Å². The summed E-state index contributed by atoms with van der Waals surface area (Å²) >= 11 is 11.6. The molecule has 0 bridgehead atoms. The van der Waals surface area contributed by atoms with Crippen LogP contribution in [0.2, 0.25) is 10.0 Å². The summed E-state index contributed by atoms with van der Waals surface area (Å²) in [6.07, 6.45) is -3.26. The summed E-state index contributed by atoms with van der Waals surface area (Å²) in [6, 6.07) is 11.0.